The quantitative estimate of drug-likeness (QED) is 0.382. The molecule has 3 rings (SSSR count). The number of aryl methyl sites for hydroxylation is 2. The fraction of sp³-hybridized carbons (Fsp3) is 0.476. The van der Waals surface area contributed by atoms with Crippen molar-refractivity contribution in [1.82, 2.24) is 10.2 Å². The van der Waals surface area contributed by atoms with Crippen LogP contribution in [-0.4, -0.2) is 45.2 Å². The molecule has 1 aromatic heterocycles. The second-order valence-corrected chi connectivity index (χ2v) is 6.92. The number of likely N-dealkylation sites (tertiary alicyclic amines) is 1. The number of guanidine groups is 1. The van der Waals surface area contributed by atoms with Crippen molar-refractivity contribution in [2.24, 2.45) is 4.99 Å². The number of halogens is 1. The van der Waals surface area contributed by atoms with E-state index in [9.17, 15) is 0 Å². The lowest BCUT2D eigenvalue weighted by Gasteiger charge is -2.22. The summed E-state index contributed by atoms with van der Waals surface area (Å²) in [5, 5.41) is 3.47. The van der Waals surface area contributed by atoms with E-state index in [-0.39, 0.29) is 24.0 Å². The predicted octanol–water partition coefficient (Wildman–Crippen LogP) is 4.10. The number of rotatable bonds is 5. The Morgan fingerprint density at radius 3 is 2.39 bits per heavy atom. The van der Waals surface area contributed by atoms with E-state index in [1.807, 2.05) is 27.0 Å². The Kier molecular flexibility index (Phi) is 8.03. The fourth-order valence-electron chi connectivity index (χ4n) is 3.66. The molecule has 0 bridgehead atoms. The molecule has 0 radical (unpaired) electrons. The highest BCUT2D eigenvalue weighted by Crippen LogP contribution is 2.33. The van der Waals surface area contributed by atoms with Crippen LogP contribution >= 0.6 is 24.0 Å². The molecule has 1 N–H and O–H groups in total. The van der Waals surface area contributed by atoms with Gasteiger partial charge in [-0.2, -0.15) is 0 Å². The number of ether oxygens (including phenoxy) is 2. The molecule has 1 fully saturated rings. The van der Waals surface area contributed by atoms with Crippen LogP contribution in [0.5, 0.6) is 11.5 Å². The summed E-state index contributed by atoms with van der Waals surface area (Å²) >= 11 is 0. The van der Waals surface area contributed by atoms with Crippen LogP contribution in [-0.2, 0) is 6.54 Å². The van der Waals surface area contributed by atoms with E-state index in [0.717, 1.165) is 48.5 Å². The number of nitrogens with zero attached hydrogens (tertiary/aromatic N) is 2. The largest absolute Gasteiger partial charge is 0.497 e. The number of aliphatic imine (C=N–C) groups is 1. The lowest BCUT2D eigenvalue weighted by atomic mass is 9.98. The maximum absolute atomic E-state index is 5.61. The third-order valence-electron chi connectivity index (χ3n) is 5.13. The minimum absolute atomic E-state index is 0. The maximum Gasteiger partial charge on any atom is 0.193 e. The molecule has 1 atom stereocenters. The lowest BCUT2D eigenvalue weighted by Crippen LogP contribution is -2.39. The molecule has 1 aromatic carbocycles. The second-order valence-electron chi connectivity index (χ2n) is 6.92. The molecular weight excluding hydrogens is 469 g/mol. The molecule has 0 aliphatic carbocycles. The van der Waals surface area contributed by atoms with Crippen LogP contribution in [0.3, 0.4) is 0 Å². The number of nitrogens with one attached hydrogen (secondary N) is 1. The van der Waals surface area contributed by atoms with Gasteiger partial charge < -0.3 is 24.1 Å². The van der Waals surface area contributed by atoms with Gasteiger partial charge in [-0.1, -0.05) is 0 Å². The minimum atomic E-state index is 0. The molecule has 1 aliphatic rings. The number of methoxy groups -OCH3 is 2. The van der Waals surface area contributed by atoms with Crippen molar-refractivity contribution in [1.29, 1.82) is 0 Å². The Balaban J connectivity index is 0.00000280. The third-order valence-corrected chi connectivity index (χ3v) is 5.13. The highest BCUT2D eigenvalue weighted by Gasteiger charge is 2.27. The van der Waals surface area contributed by atoms with Gasteiger partial charge in [0.2, 0.25) is 0 Å². The van der Waals surface area contributed by atoms with Gasteiger partial charge in [0, 0.05) is 44.2 Å². The van der Waals surface area contributed by atoms with Gasteiger partial charge in [-0.15, -0.1) is 24.0 Å². The Hall–Kier alpha value is -1.90. The summed E-state index contributed by atoms with van der Waals surface area (Å²) in [6, 6.07) is 8.19. The zero-order valence-corrected chi connectivity index (χ0v) is 19.6. The van der Waals surface area contributed by atoms with Gasteiger partial charge in [0.05, 0.1) is 14.2 Å². The van der Waals surface area contributed by atoms with E-state index >= 15 is 0 Å². The Bertz CT molecular complexity index is 797. The molecule has 6 nitrogen and oxygen atoms in total. The first kappa shape index (κ1) is 22.4. The summed E-state index contributed by atoms with van der Waals surface area (Å²) < 4.78 is 16.4. The standard InChI is InChI=1S/C21H29N3O3.HI/c1-14-8-18(15(2)27-14)12-23-21(22-3)24-7-6-16(13-24)17-9-19(25-4)11-20(10-17)26-5;/h8-11,16H,6-7,12-13H2,1-5H3,(H,22,23);1H. The summed E-state index contributed by atoms with van der Waals surface area (Å²) in [4.78, 5) is 6.77. The first-order chi connectivity index (χ1) is 13.0. The molecule has 0 spiro atoms. The zero-order valence-electron chi connectivity index (χ0n) is 17.2. The minimum Gasteiger partial charge on any atom is -0.497 e. The Morgan fingerprint density at radius 1 is 1.18 bits per heavy atom. The molecule has 1 unspecified atom stereocenters. The number of hydrogen-bond acceptors (Lipinski definition) is 4. The Morgan fingerprint density at radius 2 is 1.86 bits per heavy atom. The zero-order chi connectivity index (χ0) is 19.4. The summed E-state index contributed by atoms with van der Waals surface area (Å²) in [6.07, 6.45) is 1.07. The van der Waals surface area contributed by atoms with Gasteiger partial charge >= 0.3 is 0 Å². The van der Waals surface area contributed by atoms with E-state index in [0.29, 0.717) is 12.5 Å². The van der Waals surface area contributed by atoms with Gasteiger partial charge in [-0.25, -0.2) is 0 Å². The average Bonchev–Trinajstić information content (AvgIpc) is 3.28. The highest BCUT2D eigenvalue weighted by molar-refractivity contribution is 14.0. The molecule has 1 aliphatic heterocycles. The van der Waals surface area contributed by atoms with E-state index in [2.05, 4.69) is 33.4 Å². The van der Waals surface area contributed by atoms with E-state index in [1.54, 1.807) is 14.2 Å². The molecule has 2 heterocycles. The normalized spacial score (nSPS) is 16.7. The van der Waals surface area contributed by atoms with Crippen LogP contribution in [0.1, 0.15) is 35.0 Å². The van der Waals surface area contributed by atoms with Crippen LogP contribution in [0.15, 0.2) is 33.7 Å². The van der Waals surface area contributed by atoms with Crippen molar-refractivity contribution < 1.29 is 13.9 Å². The maximum atomic E-state index is 5.61. The molecule has 1 saturated heterocycles. The molecule has 154 valence electrons. The van der Waals surface area contributed by atoms with E-state index < -0.39 is 0 Å². The van der Waals surface area contributed by atoms with Crippen molar-refractivity contribution in [2.75, 3.05) is 34.4 Å². The number of hydrogen-bond donors (Lipinski definition) is 1. The van der Waals surface area contributed by atoms with Crippen molar-refractivity contribution >= 4 is 29.9 Å². The van der Waals surface area contributed by atoms with Crippen LogP contribution in [0.25, 0.3) is 0 Å². The summed E-state index contributed by atoms with van der Waals surface area (Å²) in [7, 11) is 5.20. The third kappa shape index (κ3) is 5.12. The van der Waals surface area contributed by atoms with Gasteiger partial charge in [-0.05, 0) is 44.0 Å². The highest BCUT2D eigenvalue weighted by atomic mass is 127. The van der Waals surface area contributed by atoms with Crippen molar-refractivity contribution in [2.45, 2.75) is 32.7 Å². The van der Waals surface area contributed by atoms with Crippen molar-refractivity contribution in [3.8, 4) is 11.5 Å². The monoisotopic (exact) mass is 499 g/mol. The molecule has 2 aromatic rings. The average molecular weight is 499 g/mol. The molecule has 0 saturated carbocycles. The predicted molar refractivity (Wildman–Crippen MR) is 122 cm³/mol. The fourth-order valence-corrected chi connectivity index (χ4v) is 3.66. The van der Waals surface area contributed by atoms with Crippen LogP contribution in [0.2, 0.25) is 0 Å². The van der Waals surface area contributed by atoms with Crippen LogP contribution < -0.4 is 14.8 Å². The smallest absolute Gasteiger partial charge is 0.193 e. The van der Waals surface area contributed by atoms with E-state index in [1.165, 1.54) is 11.1 Å². The number of benzene rings is 1. The number of furan rings is 1. The van der Waals surface area contributed by atoms with Gasteiger partial charge in [-0.3, -0.25) is 4.99 Å². The van der Waals surface area contributed by atoms with Crippen molar-refractivity contribution in [3.63, 3.8) is 0 Å². The summed E-state index contributed by atoms with van der Waals surface area (Å²) in [6.45, 7) is 6.56. The first-order valence-corrected chi connectivity index (χ1v) is 9.28. The molecule has 0 amide bonds. The van der Waals surface area contributed by atoms with Crippen LogP contribution in [0, 0.1) is 13.8 Å². The van der Waals surface area contributed by atoms with Gasteiger partial charge in [0.1, 0.15) is 23.0 Å². The van der Waals surface area contributed by atoms with Crippen molar-refractivity contribution in [3.05, 3.63) is 46.9 Å². The van der Waals surface area contributed by atoms with E-state index in [4.69, 9.17) is 13.9 Å². The lowest BCUT2D eigenvalue weighted by molar-refractivity contribution is 0.392. The van der Waals surface area contributed by atoms with Gasteiger partial charge in [0.15, 0.2) is 5.96 Å². The topological polar surface area (TPSA) is 59.2 Å². The van der Waals surface area contributed by atoms with Crippen LogP contribution in [0.4, 0.5) is 0 Å². The SMILES string of the molecule is CN=C(NCc1cc(C)oc1C)N1CCC(c2cc(OC)cc(OC)c2)C1.I. The molecule has 7 heteroatoms. The van der Waals surface area contributed by atoms with Gasteiger partial charge in [0.25, 0.3) is 0 Å². The first-order valence-electron chi connectivity index (χ1n) is 9.28. The molecular formula is C21H30IN3O3. The summed E-state index contributed by atoms with van der Waals surface area (Å²) in [5.41, 5.74) is 2.41. The second kappa shape index (κ2) is 10.0. The molecule has 28 heavy (non-hydrogen) atoms. The Labute approximate surface area is 184 Å². The summed E-state index contributed by atoms with van der Waals surface area (Å²) in [5.74, 6) is 4.90.